The minimum atomic E-state index is -0.417. The Morgan fingerprint density at radius 2 is 1.80 bits per heavy atom. The molecule has 0 fully saturated rings. The molecule has 35 heavy (non-hydrogen) atoms. The van der Waals surface area contributed by atoms with Crippen molar-refractivity contribution in [3.63, 3.8) is 0 Å². The highest BCUT2D eigenvalue weighted by Crippen LogP contribution is 2.41. The third-order valence-electron chi connectivity index (χ3n) is 6.27. The summed E-state index contributed by atoms with van der Waals surface area (Å²) in [4.78, 5) is 17.5. The molecule has 1 aliphatic rings. The maximum atomic E-state index is 11.1. The second-order valence-corrected chi connectivity index (χ2v) is 8.34. The number of nitro benzene ring substituents is 1. The van der Waals surface area contributed by atoms with Gasteiger partial charge in [0.05, 0.1) is 31.9 Å². The van der Waals surface area contributed by atoms with Gasteiger partial charge in [0.1, 0.15) is 6.33 Å². The summed E-state index contributed by atoms with van der Waals surface area (Å²) in [5.41, 5.74) is 4.18. The number of ether oxygens (including phenoxy) is 2. The van der Waals surface area contributed by atoms with Crippen LogP contribution in [-0.4, -0.2) is 45.4 Å². The molecular weight excluding hydrogens is 446 g/mol. The molecule has 1 atom stereocenters. The highest BCUT2D eigenvalue weighted by atomic mass is 16.6. The van der Waals surface area contributed by atoms with Crippen LogP contribution >= 0.6 is 0 Å². The number of nitro groups is 1. The second-order valence-electron chi connectivity index (χ2n) is 8.34. The van der Waals surface area contributed by atoms with E-state index < -0.39 is 4.92 Å². The third kappa shape index (κ3) is 4.45. The maximum absolute atomic E-state index is 11.1. The zero-order valence-electron chi connectivity index (χ0n) is 19.5. The number of hydrogen-bond donors (Lipinski definition) is 0. The molecule has 1 aliphatic heterocycles. The number of fused-ring (bicyclic) bond motifs is 1. The Kier molecular flexibility index (Phi) is 6.15. The van der Waals surface area contributed by atoms with Crippen molar-refractivity contribution < 1.29 is 14.4 Å². The molecule has 9 nitrogen and oxygen atoms in total. The second kappa shape index (κ2) is 9.55. The largest absolute Gasteiger partial charge is 0.493 e. The van der Waals surface area contributed by atoms with Crippen molar-refractivity contribution in [1.29, 1.82) is 0 Å². The summed E-state index contributed by atoms with van der Waals surface area (Å²) in [6.07, 6.45) is 2.52. The molecule has 4 aromatic rings. The minimum absolute atomic E-state index is 0.00906. The van der Waals surface area contributed by atoms with Gasteiger partial charge in [0.2, 0.25) is 0 Å². The van der Waals surface area contributed by atoms with Crippen LogP contribution in [0.4, 0.5) is 5.69 Å². The molecule has 1 unspecified atom stereocenters. The number of hydrogen-bond acceptors (Lipinski definition) is 7. The monoisotopic (exact) mass is 471 g/mol. The van der Waals surface area contributed by atoms with Gasteiger partial charge in [-0.2, -0.15) is 0 Å². The quantitative estimate of drug-likeness (QED) is 0.290. The first-order chi connectivity index (χ1) is 17.1. The van der Waals surface area contributed by atoms with Gasteiger partial charge in [0, 0.05) is 24.2 Å². The van der Waals surface area contributed by atoms with Gasteiger partial charge in [0.25, 0.3) is 5.69 Å². The van der Waals surface area contributed by atoms with Crippen LogP contribution in [0.5, 0.6) is 11.5 Å². The van der Waals surface area contributed by atoms with E-state index in [-0.39, 0.29) is 11.7 Å². The number of benzene rings is 3. The van der Waals surface area contributed by atoms with E-state index in [1.807, 2.05) is 18.2 Å². The highest BCUT2D eigenvalue weighted by Gasteiger charge is 2.30. The zero-order chi connectivity index (χ0) is 24.4. The first kappa shape index (κ1) is 22.5. The summed E-state index contributed by atoms with van der Waals surface area (Å²) in [5, 5.41) is 15.8. The summed E-state index contributed by atoms with van der Waals surface area (Å²) in [7, 11) is 3.30. The molecule has 0 amide bonds. The first-order valence-corrected chi connectivity index (χ1v) is 11.3. The molecule has 2 heterocycles. The van der Waals surface area contributed by atoms with Gasteiger partial charge in [-0.15, -0.1) is 5.10 Å². The Bertz CT molecular complexity index is 1360. The molecule has 0 aliphatic carbocycles. The van der Waals surface area contributed by atoms with Crippen LogP contribution < -0.4 is 9.47 Å². The van der Waals surface area contributed by atoms with Crippen molar-refractivity contribution in [2.24, 2.45) is 0 Å². The smallest absolute Gasteiger partial charge is 0.270 e. The van der Waals surface area contributed by atoms with Gasteiger partial charge >= 0.3 is 0 Å². The van der Waals surface area contributed by atoms with Gasteiger partial charge in [-0.05, 0) is 35.2 Å². The highest BCUT2D eigenvalue weighted by molar-refractivity contribution is 5.58. The first-order valence-electron chi connectivity index (χ1n) is 11.3. The molecule has 3 aromatic carbocycles. The predicted molar refractivity (Wildman–Crippen MR) is 130 cm³/mol. The van der Waals surface area contributed by atoms with Crippen LogP contribution in [0.1, 0.15) is 22.7 Å². The third-order valence-corrected chi connectivity index (χ3v) is 6.27. The van der Waals surface area contributed by atoms with Crippen molar-refractivity contribution in [3.05, 3.63) is 99.9 Å². The fourth-order valence-corrected chi connectivity index (χ4v) is 4.62. The van der Waals surface area contributed by atoms with E-state index >= 15 is 0 Å². The summed E-state index contributed by atoms with van der Waals surface area (Å²) < 4.78 is 12.9. The van der Waals surface area contributed by atoms with Crippen LogP contribution in [0.2, 0.25) is 0 Å². The van der Waals surface area contributed by atoms with Crippen LogP contribution in [0.15, 0.2) is 73.1 Å². The number of nitrogens with zero attached hydrogens (tertiary/aromatic N) is 5. The van der Waals surface area contributed by atoms with E-state index in [0.717, 1.165) is 18.7 Å². The molecular formula is C26H25N5O4. The SMILES string of the molecule is COc1cc2c(cc1OC)C(c1ccccc1)N(Cn1cnc(-c3cccc([N+](=O)[O-])c3)n1)CC2. The molecule has 0 bridgehead atoms. The van der Waals surface area contributed by atoms with Gasteiger partial charge in [-0.1, -0.05) is 42.5 Å². The topological polar surface area (TPSA) is 95.5 Å². The summed E-state index contributed by atoms with van der Waals surface area (Å²) in [6, 6.07) is 20.8. The number of non-ortho nitro benzene ring substituents is 1. The van der Waals surface area contributed by atoms with E-state index in [0.29, 0.717) is 23.8 Å². The number of rotatable bonds is 7. The number of methoxy groups -OCH3 is 2. The van der Waals surface area contributed by atoms with Crippen molar-refractivity contribution in [3.8, 4) is 22.9 Å². The summed E-state index contributed by atoms with van der Waals surface area (Å²) >= 11 is 0. The van der Waals surface area contributed by atoms with Crippen LogP contribution in [0.25, 0.3) is 11.4 Å². The van der Waals surface area contributed by atoms with Crippen LogP contribution in [0.3, 0.4) is 0 Å². The summed E-state index contributed by atoms with van der Waals surface area (Å²) in [5.74, 6) is 1.88. The van der Waals surface area contributed by atoms with Crippen molar-refractivity contribution in [2.45, 2.75) is 19.1 Å². The fraction of sp³-hybridized carbons (Fsp3) is 0.231. The normalized spacial score (nSPS) is 15.4. The molecule has 9 heteroatoms. The Balaban J connectivity index is 1.48. The van der Waals surface area contributed by atoms with Crippen molar-refractivity contribution >= 4 is 5.69 Å². The molecule has 1 aromatic heterocycles. The molecule has 0 spiro atoms. The molecule has 0 radical (unpaired) electrons. The maximum Gasteiger partial charge on any atom is 0.270 e. The van der Waals surface area contributed by atoms with E-state index in [1.54, 1.807) is 37.4 Å². The van der Waals surface area contributed by atoms with Crippen molar-refractivity contribution in [2.75, 3.05) is 20.8 Å². The van der Waals surface area contributed by atoms with Gasteiger partial charge in [-0.25, -0.2) is 9.67 Å². The van der Waals surface area contributed by atoms with Gasteiger partial charge in [-0.3, -0.25) is 15.0 Å². The van der Waals surface area contributed by atoms with Crippen molar-refractivity contribution in [1.82, 2.24) is 19.7 Å². The lowest BCUT2D eigenvalue weighted by molar-refractivity contribution is -0.384. The molecule has 0 saturated heterocycles. The lowest BCUT2D eigenvalue weighted by Gasteiger charge is -2.37. The molecule has 178 valence electrons. The van der Waals surface area contributed by atoms with E-state index in [4.69, 9.17) is 9.47 Å². The van der Waals surface area contributed by atoms with E-state index in [1.165, 1.54) is 28.8 Å². The standard InChI is InChI=1S/C26H25N5O4/c1-34-23-14-19-11-12-29(25(18-7-4-3-5-8-18)22(19)15-24(23)35-2)17-30-16-27-26(28-30)20-9-6-10-21(13-20)31(32)33/h3-10,13-16,25H,11-12,17H2,1-2H3. The van der Waals surface area contributed by atoms with Gasteiger partial charge < -0.3 is 9.47 Å². The van der Waals surface area contributed by atoms with Crippen LogP contribution in [0, 0.1) is 10.1 Å². The minimum Gasteiger partial charge on any atom is -0.493 e. The Labute approximate surface area is 202 Å². The van der Waals surface area contributed by atoms with Gasteiger partial charge in [0.15, 0.2) is 17.3 Å². The predicted octanol–water partition coefficient (Wildman–Crippen LogP) is 4.48. The van der Waals surface area contributed by atoms with E-state index in [2.05, 4.69) is 39.2 Å². The van der Waals surface area contributed by atoms with E-state index in [9.17, 15) is 10.1 Å². The number of aromatic nitrogens is 3. The molecule has 0 saturated carbocycles. The Morgan fingerprint density at radius 3 is 2.54 bits per heavy atom. The lowest BCUT2D eigenvalue weighted by atomic mass is 9.88. The average Bonchev–Trinajstić information content (AvgIpc) is 3.37. The Hall–Kier alpha value is -4.24. The fourth-order valence-electron chi connectivity index (χ4n) is 4.62. The Morgan fingerprint density at radius 1 is 1.03 bits per heavy atom. The zero-order valence-corrected chi connectivity index (χ0v) is 19.5. The molecule has 0 N–H and O–H groups in total. The average molecular weight is 472 g/mol. The lowest BCUT2D eigenvalue weighted by Crippen LogP contribution is -2.37. The van der Waals surface area contributed by atoms with Crippen LogP contribution in [-0.2, 0) is 13.1 Å². The summed E-state index contributed by atoms with van der Waals surface area (Å²) in [6.45, 7) is 1.32. The molecule has 5 rings (SSSR count).